The van der Waals surface area contributed by atoms with Crippen molar-refractivity contribution in [1.29, 1.82) is 0 Å². The fourth-order valence-electron chi connectivity index (χ4n) is 4.34. The Labute approximate surface area is 187 Å². The average molecular weight is 424 g/mol. The molecule has 1 aliphatic heterocycles. The smallest absolute Gasteiger partial charge is 0.225 e. The third-order valence-electron chi connectivity index (χ3n) is 6.23. The standard InChI is InChI=1S/C26H37N3O2/c1-18-15-23(31-6)19(2)14-21(18)17-29-13-9-10-20(16-29)24(22-11-7-8-12-27-22)28-25(30)26(3,4)5/h7-8,11-12,14-15,20,24H,9-10,13,16-17H2,1-6H3,(H,28,30)/t20-,24+/m0/s1. The number of amides is 1. The summed E-state index contributed by atoms with van der Waals surface area (Å²) < 4.78 is 5.47. The molecule has 0 radical (unpaired) electrons. The van der Waals surface area contributed by atoms with Gasteiger partial charge in [-0.2, -0.15) is 0 Å². The van der Waals surface area contributed by atoms with Crippen LogP contribution in [0.3, 0.4) is 0 Å². The van der Waals surface area contributed by atoms with Crippen molar-refractivity contribution in [2.75, 3.05) is 20.2 Å². The van der Waals surface area contributed by atoms with Gasteiger partial charge >= 0.3 is 0 Å². The van der Waals surface area contributed by atoms with E-state index < -0.39 is 5.41 Å². The quantitative estimate of drug-likeness (QED) is 0.724. The summed E-state index contributed by atoms with van der Waals surface area (Å²) in [5.74, 6) is 1.34. The SMILES string of the molecule is COc1cc(C)c(CN2CCC[C@H]([C@@H](NC(=O)C(C)(C)C)c3ccccn3)C2)cc1C. The van der Waals surface area contributed by atoms with Gasteiger partial charge in [-0.1, -0.05) is 32.9 Å². The Hall–Kier alpha value is -2.40. The molecule has 1 amide bonds. The summed E-state index contributed by atoms with van der Waals surface area (Å²) in [6.45, 7) is 13.0. The van der Waals surface area contributed by atoms with Crippen LogP contribution in [0.5, 0.6) is 5.75 Å². The van der Waals surface area contributed by atoms with Crippen LogP contribution >= 0.6 is 0 Å². The van der Waals surface area contributed by atoms with Crippen LogP contribution in [0.15, 0.2) is 36.5 Å². The van der Waals surface area contributed by atoms with Crippen LogP contribution in [0.1, 0.15) is 62.0 Å². The number of carbonyl (C=O) groups excluding carboxylic acids is 1. The summed E-state index contributed by atoms with van der Waals surface area (Å²) >= 11 is 0. The first-order chi connectivity index (χ1) is 14.7. The van der Waals surface area contributed by atoms with E-state index >= 15 is 0 Å². The monoisotopic (exact) mass is 423 g/mol. The summed E-state index contributed by atoms with van der Waals surface area (Å²) in [4.78, 5) is 20.0. The number of ether oxygens (including phenoxy) is 1. The number of likely N-dealkylation sites (tertiary alicyclic amines) is 1. The molecule has 0 bridgehead atoms. The maximum absolute atomic E-state index is 12.8. The Morgan fingerprint density at radius 3 is 2.68 bits per heavy atom. The first kappa shape index (κ1) is 23.3. The topological polar surface area (TPSA) is 54.5 Å². The number of nitrogens with zero attached hydrogens (tertiary/aromatic N) is 2. The van der Waals surface area contributed by atoms with E-state index in [4.69, 9.17) is 4.74 Å². The largest absolute Gasteiger partial charge is 0.496 e. The predicted molar refractivity (Wildman–Crippen MR) is 125 cm³/mol. The van der Waals surface area contributed by atoms with Crippen molar-refractivity contribution in [1.82, 2.24) is 15.2 Å². The fourth-order valence-corrected chi connectivity index (χ4v) is 4.34. The van der Waals surface area contributed by atoms with Crippen molar-refractivity contribution in [2.24, 2.45) is 11.3 Å². The molecule has 31 heavy (non-hydrogen) atoms. The predicted octanol–water partition coefficient (Wildman–Crippen LogP) is 4.82. The zero-order chi connectivity index (χ0) is 22.6. The molecule has 1 aromatic heterocycles. The van der Waals surface area contributed by atoms with E-state index in [1.165, 1.54) is 16.7 Å². The van der Waals surface area contributed by atoms with Gasteiger partial charge in [0.1, 0.15) is 5.75 Å². The molecule has 3 rings (SSSR count). The highest BCUT2D eigenvalue weighted by atomic mass is 16.5. The van der Waals surface area contributed by atoms with Crippen molar-refractivity contribution in [2.45, 2.75) is 60.0 Å². The number of hydrogen-bond acceptors (Lipinski definition) is 4. The number of nitrogens with one attached hydrogen (secondary N) is 1. The molecule has 0 aliphatic carbocycles. The Morgan fingerprint density at radius 2 is 2.03 bits per heavy atom. The number of aromatic nitrogens is 1. The van der Waals surface area contributed by atoms with E-state index in [0.29, 0.717) is 5.92 Å². The molecule has 1 fully saturated rings. The van der Waals surface area contributed by atoms with Crippen LogP contribution in [0, 0.1) is 25.2 Å². The van der Waals surface area contributed by atoms with Gasteiger partial charge < -0.3 is 10.1 Å². The molecule has 5 nitrogen and oxygen atoms in total. The van der Waals surface area contributed by atoms with E-state index in [2.05, 4.69) is 41.2 Å². The first-order valence-electron chi connectivity index (χ1n) is 11.3. The van der Waals surface area contributed by atoms with Crippen molar-refractivity contribution >= 4 is 5.91 Å². The van der Waals surface area contributed by atoms with Gasteiger partial charge in [-0.25, -0.2) is 0 Å². The van der Waals surface area contributed by atoms with E-state index in [0.717, 1.165) is 43.9 Å². The molecule has 1 aromatic carbocycles. The fraction of sp³-hybridized carbons (Fsp3) is 0.538. The van der Waals surface area contributed by atoms with E-state index in [9.17, 15) is 4.79 Å². The minimum absolute atomic E-state index is 0.0712. The maximum Gasteiger partial charge on any atom is 0.225 e. The van der Waals surface area contributed by atoms with Gasteiger partial charge in [-0.3, -0.25) is 14.7 Å². The van der Waals surface area contributed by atoms with Crippen molar-refractivity contribution in [3.8, 4) is 5.75 Å². The Balaban J connectivity index is 1.79. The second kappa shape index (κ2) is 9.82. The van der Waals surface area contributed by atoms with Crippen LogP contribution < -0.4 is 10.1 Å². The highest BCUT2D eigenvalue weighted by molar-refractivity contribution is 5.81. The molecule has 0 spiro atoms. The third kappa shape index (κ3) is 5.85. The zero-order valence-electron chi connectivity index (χ0n) is 19.9. The molecule has 2 atom stereocenters. The molecule has 1 N–H and O–H groups in total. The van der Waals surface area contributed by atoms with Crippen LogP contribution in [0.2, 0.25) is 0 Å². The van der Waals surface area contributed by atoms with Crippen molar-refractivity contribution in [3.63, 3.8) is 0 Å². The summed E-state index contributed by atoms with van der Waals surface area (Å²) in [7, 11) is 1.72. The van der Waals surface area contributed by atoms with E-state index in [-0.39, 0.29) is 11.9 Å². The first-order valence-corrected chi connectivity index (χ1v) is 11.3. The molecule has 0 saturated carbocycles. The van der Waals surface area contributed by atoms with Crippen LogP contribution in [-0.2, 0) is 11.3 Å². The van der Waals surface area contributed by atoms with Gasteiger partial charge in [0, 0.05) is 24.7 Å². The Kier molecular flexibility index (Phi) is 7.37. The highest BCUT2D eigenvalue weighted by Crippen LogP contribution is 2.32. The lowest BCUT2D eigenvalue weighted by Gasteiger charge is -2.38. The molecule has 1 saturated heterocycles. The minimum Gasteiger partial charge on any atom is -0.496 e. The number of benzene rings is 1. The normalized spacial score (nSPS) is 18.5. The lowest BCUT2D eigenvalue weighted by molar-refractivity contribution is -0.130. The highest BCUT2D eigenvalue weighted by Gasteiger charge is 2.33. The Bertz CT molecular complexity index is 890. The number of piperidine rings is 1. The van der Waals surface area contributed by atoms with Gasteiger partial charge in [0.2, 0.25) is 5.91 Å². The van der Waals surface area contributed by atoms with Gasteiger partial charge in [0.25, 0.3) is 0 Å². The lowest BCUT2D eigenvalue weighted by Crippen LogP contribution is -2.45. The maximum atomic E-state index is 12.8. The van der Waals surface area contributed by atoms with Gasteiger partial charge in [-0.15, -0.1) is 0 Å². The van der Waals surface area contributed by atoms with Gasteiger partial charge in [0.05, 0.1) is 18.8 Å². The number of pyridine rings is 1. The number of carbonyl (C=O) groups is 1. The van der Waals surface area contributed by atoms with Crippen molar-refractivity contribution < 1.29 is 9.53 Å². The van der Waals surface area contributed by atoms with Crippen LogP contribution in [0.4, 0.5) is 0 Å². The average Bonchev–Trinajstić information content (AvgIpc) is 2.74. The number of rotatable bonds is 6. The molecule has 0 unspecified atom stereocenters. The number of aryl methyl sites for hydroxylation is 2. The molecular weight excluding hydrogens is 386 g/mol. The van der Waals surface area contributed by atoms with E-state index in [1.807, 2.05) is 45.2 Å². The second-order valence-electron chi connectivity index (χ2n) is 9.84. The Morgan fingerprint density at radius 1 is 1.26 bits per heavy atom. The molecule has 2 aromatic rings. The van der Waals surface area contributed by atoms with Crippen LogP contribution in [-0.4, -0.2) is 36.0 Å². The summed E-state index contributed by atoms with van der Waals surface area (Å²) in [5, 5.41) is 3.32. The van der Waals surface area contributed by atoms with Crippen molar-refractivity contribution in [3.05, 3.63) is 58.9 Å². The number of hydrogen-bond donors (Lipinski definition) is 1. The third-order valence-corrected chi connectivity index (χ3v) is 6.23. The zero-order valence-corrected chi connectivity index (χ0v) is 19.9. The number of methoxy groups -OCH3 is 1. The molecule has 1 aliphatic rings. The lowest BCUT2D eigenvalue weighted by atomic mass is 9.86. The summed E-state index contributed by atoms with van der Waals surface area (Å²) in [6, 6.07) is 10.3. The van der Waals surface area contributed by atoms with Gasteiger partial charge in [0.15, 0.2) is 0 Å². The molecule has 2 heterocycles. The molecule has 5 heteroatoms. The summed E-state index contributed by atoms with van der Waals surface area (Å²) in [6.07, 6.45) is 4.02. The second-order valence-corrected chi connectivity index (χ2v) is 9.84. The van der Waals surface area contributed by atoms with Gasteiger partial charge in [-0.05, 0) is 74.0 Å². The minimum atomic E-state index is -0.431. The molecule has 168 valence electrons. The van der Waals surface area contributed by atoms with Crippen LogP contribution in [0.25, 0.3) is 0 Å². The van der Waals surface area contributed by atoms with E-state index in [1.54, 1.807) is 7.11 Å². The summed E-state index contributed by atoms with van der Waals surface area (Å²) in [5.41, 5.74) is 4.28. The molecular formula is C26H37N3O2.